The van der Waals surface area contributed by atoms with Gasteiger partial charge in [0.25, 0.3) is 0 Å². The number of amides is 1. The molecule has 1 fully saturated rings. The maximum atomic E-state index is 12.3. The van der Waals surface area contributed by atoms with Crippen LogP contribution >= 0.6 is 7.14 Å². The molecule has 5 heteroatoms. The predicted octanol–water partition coefficient (Wildman–Crippen LogP) is 1.28. The lowest BCUT2D eigenvalue weighted by molar-refractivity contribution is -0.117. The monoisotopic (exact) mass is 267 g/mol. The molecule has 18 heavy (non-hydrogen) atoms. The number of hydrogen-bond donors (Lipinski definition) is 1. The van der Waals surface area contributed by atoms with Crippen molar-refractivity contribution in [3.8, 4) is 0 Å². The van der Waals surface area contributed by atoms with Crippen molar-refractivity contribution in [2.75, 3.05) is 31.4 Å². The number of hydrogen-bond acceptors (Lipinski definition) is 3. The number of para-hydroxylation sites is 1. The molecule has 1 heterocycles. The molecular weight excluding hydrogens is 249 g/mol. The molecule has 1 saturated heterocycles. The smallest absolute Gasteiger partial charge is 0.227 e. The second-order valence-electron chi connectivity index (χ2n) is 5.10. The third-order valence-corrected chi connectivity index (χ3v) is 4.75. The van der Waals surface area contributed by atoms with Crippen LogP contribution < -0.4 is 10.2 Å². The minimum absolute atomic E-state index is 0.00468. The molecule has 1 unspecified atom stereocenters. The van der Waals surface area contributed by atoms with Crippen LogP contribution in [-0.4, -0.2) is 37.5 Å². The Labute approximate surface area is 107 Å². The van der Waals surface area contributed by atoms with E-state index in [0.717, 1.165) is 11.0 Å². The van der Waals surface area contributed by atoms with Gasteiger partial charge in [-0.1, -0.05) is 12.1 Å². The van der Waals surface area contributed by atoms with Gasteiger partial charge in [-0.15, -0.1) is 0 Å². The van der Waals surface area contributed by atoms with Crippen LogP contribution in [0.4, 0.5) is 5.69 Å². The van der Waals surface area contributed by atoms with Gasteiger partial charge in [0.1, 0.15) is 7.14 Å². The minimum atomic E-state index is -2.42. The highest BCUT2D eigenvalue weighted by Gasteiger charge is 2.32. The summed E-state index contributed by atoms with van der Waals surface area (Å²) in [5.74, 6) is -0.0198. The molecule has 1 aromatic rings. The number of benzene rings is 1. The van der Waals surface area contributed by atoms with Crippen LogP contribution in [0.2, 0.25) is 0 Å². The Morgan fingerprint density at radius 3 is 2.61 bits per heavy atom. The molecular formula is C13H18NO3P. The third kappa shape index (κ3) is 2.50. The van der Waals surface area contributed by atoms with E-state index in [1.807, 2.05) is 24.3 Å². The average Bonchev–Trinajstić information content (AvgIpc) is 2.69. The molecule has 0 bridgehead atoms. The lowest BCUT2D eigenvalue weighted by Crippen LogP contribution is -2.29. The van der Waals surface area contributed by atoms with E-state index in [1.54, 1.807) is 18.2 Å². The Hall–Kier alpha value is -1.12. The number of anilines is 1. The van der Waals surface area contributed by atoms with Crippen molar-refractivity contribution in [1.82, 2.24) is 0 Å². The Morgan fingerprint density at radius 1 is 1.39 bits per heavy atom. The van der Waals surface area contributed by atoms with Gasteiger partial charge in [0.2, 0.25) is 5.91 Å². The first-order valence-corrected chi connectivity index (χ1v) is 8.59. The molecule has 1 aliphatic rings. The first-order chi connectivity index (χ1) is 8.43. The molecule has 1 atom stereocenters. The molecule has 0 aliphatic carbocycles. The normalized spacial score (nSPS) is 20.5. The van der Waals surface area contributed by atoms with Crippen molar-refractivity contribution < 1.29 is 14.5 Å². The second-order valence-corrected chi connectivity index (χ2v) is 8.28. The van der Waals surface area contributed by atoms with Crippen LogP contribution in [0.3, 0.4) is 0 Å². The molecule has 1 N–H and O–H groups in total. The van der Waals surface area contributed by atoms with Crippen molar-refractivity contribution in [3.63, 3.8) is 0 Å². The summed E-state index contributed by atoms with van der Waals surface area (Å²) in [6.07, 6.45) is 0.364. The summed E-state index contributed by atoms with van der Waals surface area (Å²) < 4.78 is 12.3. The van der Waals surface area contributed by atoms with Gasteiger partial charge >= 0.3 is 0 Å². The number of nitrogens with zero attached hydrogens (tertiary/aromatic N) is 1. The quantitative estimate of drug-likeness (QED) is 0.839. The second kappa shape index (κ2) is 4.87. The van der Waals surface area contributed by atoms with Crippen LogP contribution in [-0.2, 0) is 9.36 Å². The maximum Gasteiger partial charge on any atom is 0.227 e. The van der Waals surface area contributed by atoms with E-state index in [2.05, 4.69) is 0 Å². The highest BCUT2D eigenvalue weighted by molar-refractivity contribution is 7.70. The van der Waals surface area contributed by atoms with Crippen LogP contribution in [0.1, 0.15) is 6.42 Å². The molecule has 0 radical (unpaired) electrons. The number of carbonyl (C=O) groups excluding carboxylic acids is 1. The first-order valence-electron chi connectivity index (χ1n) is 5.99. The zero-order valence-corrected chi connectivity index (χ0v) is 11.6. The number of aliphatic hydroxyl groups excluding tert-OH is 1. The Kier molecular flexibility index (Phi) is 3.60. The highest BCUT2D eigenvalue weighted by atomic mass is 31.2. The van der Waals surface area contributed by atoms with Gasteiger partial charge in [0, 0.05) is 30.8 Å². The molecule has 98 valence electrons. The molecule has 1 amide bonds. The van der Waals surface area contributed by atoms with E-state index < -0.39 is 7.14 Å². The maximum absolute atomic E-state index is 12.3. The fourth-order valence-electron chi connectivity index (χ4n) is 2.28. The van der Waals surface area contributed by atoms with Crippen molar-refractivity contribution in [2.24, 2.45) is 5.92 Å². The number of carbonyl (C=O) groups is 1. The summed E-state index contributed by atoms with van der Waals surface area (Å²) in [4.78, 5) is 13.6. The SMILES string of the molecule is CP(C)(=O)c1ccccc1N1CC(CO)CC1=O. The van der Waals surface area contributed by atoms with Gasteiger partial charge in [-0.3, -0.25) is 4.79 Å². The summed E-state index contributed by atoms with van der Waals surface area (Å²) in [6, 6.07) is 7.32. The first kappa shape index (κ1) is 13.3. The molecule has 0 aromatic heterocycles. The summed E-state index contributed by atoms with van der Waals surface area (Å²) in [7, 11) is -2.42. The van der Waals surface area contributed by atoms with Crippen molar-refractivity contribution in [1.29, 1.82) is 0 Å². The number of rotatable bonds is 3. The van der Waals surface area contributed by atoms with Gasteiger partial charge in [-0.05, 0) is 25.5 Å². The van der Waals surface area contributed by atoms with Gasteiger partial charge in [-0.2, -0.15) is 0 Å². The summed E-state index contributed by atoms with van der Waals surface area (Å²) in [5.41, 5.74) is 0.729. The van der Waals surface area contributed by atoms with Gasteiger partial charge < -0.3 is 14.6 Å². The van der Waals surface area contributed by atoms with Crippen LogP contribution in [0.15, 0.2) is 24.3 Å². The van der Waals surface area contributed by atoms with E-state index in [9.17, 15) is 9.36 Å². The van der Waals surface area contributed by atoms with Crippen LogP contribution in [0, 0.1) is 5.92 Å². The average molecular weight is 267 g/mol. The molecule has 1 aromatic carbocycles. The summed E-state index contributed by atoms with van der Waals surface area (Å²) in [5, 5.41) is 9.88. The Morgan fingerprint density at radius 2 is 2.06 bits per heavy atom. The van der Waals surface area contributed by atoms with Gasteiger partial charge in [-0.25, -0.2) is 0 Å². The van der Waals surface area contributed by atoms with E-state index in [1.165, 1.54) is 0 Å². The fraction of sp³-hybridized carbons (Fsp3) is 0.462. The van der Waals surface area contributed by atoms with E-state index in [4.69, 9.17) is 5.11 Å². The summed E-state index contributed by atoms with van der Waals surface area (Å²) >= 11 is 0. The van der Waals surface area contributed by atoms with Crippen molar-refractivity contribution in [3.05, 3.63) is 24.3 Å². The van der Waals surface area contributed by atoms with E-state index in [0.29, 0.717) is 13.0 Å². The van der Waals surface area contributed by atoms with Crippen LogP contribution in [0.25, 0.3) is 0 Å². The van der Waals surface area contributed by atoms with Gasteiger partial charge in [0.05, 0.1) is 5.69 Å². The predicted molar refractivity (Wildman–Crippen MR) is 73.1 cm³/mol. The highest BCUT2D eigenvalue weighted by Crippen LogP contribution is 2.39. The zero-order valence-electron chi connectivity index (χ0n) is 10.7. The lowest BCUT2D eigenvalue weighted by atomic mass is 10.1. The minimum Gasteiger partial charge on any atom is -0.396 e. The van der Waals surface area contributed by atoms with Gasteiger partial charge in [0.15, 0.2) is 0 Å². The Bertz CT molecular complexity index is 509. The third-order valence-electron chi connectivity index (χ3n) is 3.22. The summed E-state index contributed by atoms with van der Waals surface area (Å²) in [6.45, 7) is 3.93. The standard InChI is InChI=1S/C13H18NO3P/c1-18(2,17)12-6-4-3-5-11(12)14-8-10(9-15)7-13(14)16/h3-6,10,15H,7-9H2,1-2H3. The van der Waals surface area contributed by atoms with Crippen LogP contribution in [0.5, 0.6) is 0 Å². The van der Waals surface area contributed by atoms with E-state index in [-0.39, 0.29) is 18.4 Å². The van der Waals surface area contributed by atoms with Crippen molar-refractivity contribution in [2.45, 2.75) is 6.42 Å². The molecule has 4 nitrogen and oxygen atoms in total. The van der Waals surface area contributed by atoms with E-state index >= 15 is 0 Å². The van der Waals surface area contributed by atoms with Crippen molar-refractivity contribution >= 4 is 24.0 Å². The Balaban J connectivity index is 2.40. The fourth-order valence-corrected chi connectivity index (χ4v) is 3.48. The lowest BCUT2D eigenvalue weighted by Gasteiger charge is -2.22. The zero-order chi connectivity index (χ0) is 13.3. The largest absolute Gasteiger partial charge is 0.396 e. The molecule has 0 spiro atoms. The topological polar surface area (TPSA) is 57.6 Å². The molecule has 2 rings (SSSR count). The number of aliphatic hydroxyl groups is 1. The molecule has 0 saturated carbocycles. The molecule has 1 aliphatic heterocycles.